The van der Waals surface area contributed by atoms with Gasteiger partial charge in [0.1, 0.15) is 5.82 Å². The zero-order valence-corrected chi connectivity index (χ0v) is 20.1. The molecule has 0 aliphatic carbocycles. The van der Waals surface area contributed by atoms with Crippen molar-refractivity contribution >= 4 is 27.5 Å². The number of aryl methyl sites for hydroxylation is 2. The van der Waals surface area contributed by atoms with Gasteiger partial charge in [-0.1, -0.05) is 37.6 Å². The Morgan fingerprint density at radius 1 is 1.19 bits per heavy atom. The minimum atomic E-state index is -3.65. The highest BCUT2D eigenvalue weighted by Crippen LogP contribution is 2.31. The van der Waals surface area contributed by atoms with Crippen molar-refractivity contribution in [2.45, 2.75) is 57.0 Å². The first-order valence-corrected chi connectivity index (χ1v) is 12.5. The average Bonchev–Trinajstić information content (AvgIpc) is 3.12. The summed E-state index contributed by atoms with van der Waals surface area (Å²) >= 11 is 6.03. The summed E-state index contributed by atoms with van der Waals surface area (Å²) in [7, 11) is -1.88. The van der Waals surface area contributed by atoms with Crippen LogP contribution in [0.1, 0.15) is 50.9 Å². The van der Waals surface area contributed by atoms with Gasteiger partial charge in [-0.15, -0.1) is 0 Å². The fraction of sp³-hybridized carbons (Fsp3) is 0.545. The third kappa shape index (κ3) is 4.81. The van der Waals surface area contributed by atoms with Crippen LogP contribution in [0.15, 0.2) is 35.5 Å². The van der Waals surface area contributed by atoms with Crippen LogP contribution in [0, 0.1) is 12.8 Å². The Balaban J connectivity index is 1.68. The molecule has 0 unspecified atom stereocenters. The molecule has 1 fully saturated rings. The monoisotopic (exact) mass is 466 g/mol. The van der Waals surface area contributed by atoms with Gasteiger partial charge in [-0.05, 0) is 50.3 Å². The van der Waals surface area contributed by atoms with Gasteiger partial charge in [-0.25, -0.2) is 13.4 Å². The number of halogens is 1. The predicted octanol–water partition coefficient (Wildman–Crippen LogP) is 3.61. The van der Waals surface area contributed by atoms with E-state index >= 15 is 0 Å². The van der Waals surface area contributed by atoms with Crippen molar-refractivity contribution in [2.75, 3.05) is 13.1 Å². The topological polar surface area (TPSA) is 84.3 Å². The first kappa shape index (κ1) is 23.8. The van der Waals surface area contributed by atoms with Crippen molar-refractivity contribution in [3.8, 4) is 0 Å². The molecule has 1 amide bonds. The molecule has 1 N–H and O–H groups in total. The number of imidazole rings is 1. The first-order chi connectivity index (χ1) is 14.6. The summed E-state index contributed by atoms with van der Waals surface area (Å²) in [6.45, 7) is 6.50. The average molecular weight is 467 g/mol. The van der Waals surface area contributed by atoms with Crippen molar-refractivity contribution in [1.29, 1.82) is 0 Å². The van der Waals surface area contributed by atoms with E-state index in [2.05, 4.69) is 24.1 Å². The molecule has 1 aromatic heterocycles. The predicted molar refractivity (Wildman–Crippen MR) is 121 cm³/mol. The van der Waals surface area contributed by atoms with Gasteiger partial charge in [0.15, 0.2) is 5.03 Å². The molecule has 2 heterocycles. The van der Waals surface area contributed by atoms with Gasteiger partial charge in [-0.3, -0.25) is 4.79 Å². The largest absolute Gasteiger partial charge is 0.346 e. The Labute approximate surface area is 189 Å². The summed E-state index contributed by atoms with van der Waals surface area (Å²) in [4.78, 5) is 17.3. The lowest BCUT2D eigenvalue weighted by Gasteiger charge is -2.37. The molecule has 1 aromatic carbocycles. The zero-order valence-electron chi connectivity index (χ0n) is 18.6. The van der Waals surface area contributed by atoms with Gasteiger partial charge in [0, 0.05) is 37.3 Å². The van der Waals surface area contributed by atoms with Gasteiger partial charge in [0.25, 0.3) is 10.0 Å². The van der Waals surface area contributed by atoms with Gasteiger partial charge < -0.3 is 9.88 Å². The number of amides is 1. The van der Waals surface area contributed by atoms with Crippen LogP contribution in [0.4, 0.5) is 0 Å². The summed E-state index contributed by atoms with van der Waals surface area (Å²) in [6, 6.07) is 7.59. The van der Waals surface area contributed by atoms with Crippen LogP contribution in [0.5, 0.6) is 0 Å². The van der Waals surface area contributed by atoms with E-state index in [0.29, 0.717) is 36.8 Å². The molecule has 2 aromatic rings. The fourth-order valence-corrected chi connectivity index (χ4v) is 5.78. The SMILES string of the molecule is CCC(CC)(NC(=O)C1CCN(S(=O)(=O)c2cn(C)c(C)n2)CC1)c1ccc(Cl)cc1. The highest BCUT2D eigenvalue weighted by molar-refractivity contribution is 7.89. The summed E-state index contributed by atoms with van der Waals surface area (Å²) in [5.41, 5.74) is 0.567. The summed E-state index contributed by atoms with van der Waals surface area (Å²) in [5, 5.41) is 3.99. The molecular weight excluding hydrogens is 436 g/mol. The molecule has 1 aliphatic rings. The van der Waals surface area contributed by atoms with Crippen LogP contribution in [0.2, 0.25) is 5.02 Å². The van der Waals surface area contributed by atoms with E-state index in [4.69, 9.17) is 11.6 Å². The van der Waals surface area contributed by atoms with Crippen molar-refractivity contribution in [3.05, 3.63) is 46.9 Å². The molecule has 0 bridgehead atoms. The normalized spacial score (nSPS) is 16.4. The number of piperidine rings is 1. The number of benzene rings is 1. The van der Waals surface area contributed by atoms with Crippen molar-refractivity contribution in [3.63, 3.8) is 0 Å². The molecule has 0 spiro atoms. The Morgan fingerprint density at radius 2 is 1.77 bits per heavy atom. The van der Waals surface area contributed by atoms with Crippen molar-refractivity contribution in [2.24, 2.45) is 13.0 Å². The van der Waals surface area contributed by atoms with Crippen molar-refractivity contribution < 1.29 is 13.2 Å². The van der Waals surface area contributed by atoms with E-state index in [9.17, 15) is 13.2 Å². The van der Waals surface area contributed by atoms with Gasteiger partial charge in [0.2, 0.25) is 5.91 Å². The van der Waals surface area contributed by atoms with Crippen LogP contribution in [0.25, 0.3) is 0 Å². The second-order valence-electron chi connectivity index (χ2n) is 8.20. The number of rotatable bonds is 7. The maximum Gasteiger partial charge on any atom is 0.262 e. The molecule has 0 saturated carbocycles. The Kier molecular flexibility index (Phi) is 7.13. The minimum absolute atomic E-state index is 0.0237. The number of carbonyl (C=O) groups excluding carboxylic acids is 1. The van der Waals surface area contributed by atoms with E-state index in [1.54, 1.807) is 18.5 Å². The minimum Gasteiger partial charge on any atom is -0.346 e. The second kappa shape index (κ2) is 9.30. The van der Waals surface area contributed by atoms with Crippen LogP contribution in [0.3, 0.4) is 0 Å². The molecule has 1 aliphatic heterocycles. The molecule has 170 valence electrons. The third-order valence-electron chi connectivity index (χ3n) is 6.48. The summed E-state index contributed by atoms with van der Waals surface area (Å²) < 4.78 is 28.9. The van der Waals surface area contributed by atoms with Gasteiger partial charge in [-0.2, -0.15) is 4.31 Å². The van der Waals surface area contributed by atoms with E-state index in [1.807, 2.05) is 24.3 Å². The number of carbonyl (C=O) groups is 1. The number of hydrogen-bond acceptors (Lipinski definition) is 4. The molecule has 3 rings (SSSR count). The van der Waals surface area contributed by atoms with E-state index in [0.717, 1.165) is 18.4 Å². The van der Waals surface area contributed by atoms with Gasteiger partial charge in [0.05, 0.1) is 5.54 Å². The summed E-state index contributed by atoms with van der Waals surface area (Å²) in [5.74, 6) is 0.400. The van der Waals surface area contributed by atoms with Crippen molar-refractivity contribution in [1.82, 2.24) is 19.2 Å². The lowest BCUT2D eigenvalue weighted by Crippen LogP contribution is -2.50. The summed E-state index contributed by atoms with van der Waals surface area (Å²) in [6.07, 6.45) is 4.01. The van der Waals surface area contributed by atoms with Crippen LogP contribution >= 0.6 is 11.6 Å². The number of nitrogens with one attached hydrogen (secondary N) is 1. The lowest BCUT2D eigenvalue weighted by atomic mass is 9.83. The molecule has 31 heavy (non-hydrogen) atoms. The van der Waals surface area contributed by atoms with E-state index in [-0.39, 0.29) is 16.9 Å². The number of hydrogen-bond donors (Lipinski definition) is 1. The number of aromatic nitrogens is 2. The number of nitrogens with zero attached hydrogens (tertiary/aromatic N) is 3. The molecule has 0 radical (unpaired) electrons. The van der Waals surface area contributed by atoms with E-state index in [1.165, 1.54) is 10.5 Å². The molecular formula is C22H31ClN4O3S. The second-order valence-corrected chi connectivity index (χ2v) is 10.5. The Bertz CT molecular complexity index is 1000. The molecule has 1 saturated heterocycles. The maximum atomic E-state index is 13.1. The first-order valence-electron chi connectivity index (χ1n) is 10.7. The third-order valence-corrected chi connectivity index (χ3v) is 8.50. The van der Waals surface area contributed by atoms with Crippen LogP contribution in [-0.4, -0.2) is 41.3 Å². The lowest BCUT2D eigenvalue weighted by molar-refractivity contribution is -0.128. The van der Waals surface area contributed by atoms with Crippen LogP contribution in [-0.2, 0) is 27.4 Å². The fourth-order valence-electron chi connectivity index (χ4n) is 4.16. The van der Waals surface area contributed by atoms with E-state index < -0.39 is 15.6 Å². The highest BCUT2D eigenvalue weighted by Gasteiger charge is 2.37. The number of sulfonamides is 1. The standard InChI is InChI=1S/C22H31ClN4O3S/c1-5-22(6-2,18-7-9-19(23)10-8-18)25-21(28)17-11-13-27(14-12-17)31(29,30)20-15-26(4)16(3)24-20/h7-10,15,17H,5-6,11-14H2,1-4H3,(H,25,28). The van der Waals surface area contributed by atoms with Gasteiger partial charge >= 0.3 is 0 Å². The molecule has 7 nitrogen and oxygen atoms in total. The van der Waals surface area contributed by atoms with Crippen LogP contribution < -0.4 is 5.32 Å². The smallest absolute Gasteiger partial charge is 0.262 e. The Morgan fingerprint density at radius 3 is 2.26 bits per heavy atom. The highest BCUT2D eigenvalue weighted by atomic mass is 35.5. The molecule has 9 heteroatoms. The quantitative estimate of drug-likeness (QED) is 0.675. The maximum absolute atomic E-state index is 13.1. The zero-order chi connectivity index (χ0) is 22.8. The Hall–Kier alpha value is -1.90. The molecule has 0 atom stereocenters.